The Balaban J connectivity index is 1.61. The third-order valence-corrected chi connectivity index (χ3v) is 5.71. The molecule has 1 saturated heterocycles. The predicted molar refractivity (Wildman–Crippen MR) is 113 cm³/mol. The largest absolute Gasteiger partial charge is 0.497 e. The van der Waals surface area contributed by atoms with E-state index in [9.17, 15) is 4.79 Å². The number of nitrogens with zero attached hydrogens (tertiary/aromatic N) is 3. The summed E-state index contributed by atoms with van der Waals surface area (Å²) >= 11 is 0. The number of benzene rings is 1. The Kier molecular flexibility index (Phi) is 5.70. The molecule has 1 atom stereocenters. The zero-order valence-corrected chi connectivity index (χ0v) is 17.5. The standard InChI is InChI=1S/C23H26N4O3/c1-15-13-24-9-8-18(15)19-14-25-26-23(19)20-5-4-10-27(20)22(28)12-16-11-17(29-2)6-7-21(16)30-3/h6-9,11,13-14,20H,4-5,10,12H2,1-3H3,(H,25,26)/t20-/m0/s1. The van der Waals surface area contributed by atoms with Crippen molar-refractivity contribution in [2.24, 2.45) is 0 Å². The molecule has 156 valence electrons. The Hall–Kier alpha value is -3.35. The van der Waals surface area contributed by atoms with Crippen LogP contribution in [0.1, 0.15) is 35.7 Å². The first-order chi connectivity index (χ1) is 14.6. The number of H-pyrrole nitrogens is 1. The highest BCUT2D eigenvalue weighted by atomic mass is 16.5. The minimum absolute atomic E-state index is 0.0285. The first-order valence-electron chi connectivity index (χ1n) is 10.1. The van der Waals surface area contributed by atoms with Crippen LogP contribution in [0.25, 0.3) is 11.1 Å². The van der Waals surface area contributed by atoms with Gasteiger partial charge in [-0.2, -0.15) is 5.10 Å². The summed E-state index contributed by atoms with van der Waals surface area (Å²) in [5, 5.41) is 7.45. The van der Waals surface area contributed by atoms with Crippen molar-refractivity contribution in [1.29, 1.82) is 0 Å². The lowest BCUT2D eigenvalue weighted by molar-refractivity contribution is -0.131. The lowest BCUT2D eigenvalue weighted by Crippen LogP contribution is -2.32. The van der Waals surface area contributed by atoms with Gasteiger partial charge in [-0.15, -0.1) is 0 Å². The topological polar surface area (TPSA) is 80.3 Å². The molecule has 1 fully saturated rings. The summed E-state index contributed by atoms with van der Waals surface area (Å²) in [6.45, 7) is 2.76. The number of hydrogen-bond acceptors (Lipinski definition) is 5. The van der Waals surface area contributed by atoms with Gasteiger partial charge in [-0.3, -0.25) is 14.9 Å². The van der Waals surface area contributed by atoms with Crippen molar-refractivity contribution >= 4 is 5.91 Å². The van der Waals surface area contributed by atoms with E-state index in [-0.39, 0.29) is 18.4 Å². The number of ether oxygens (including phenoxy) is 2. The molecule has 7 nitrogen and oxygen atoms in total. The van der Waals surface area contributed by atoms with Gasteiger partial charge in [-0.05, 0) is 55.2 Å². The lowest BCUT2D eigenvalue weighted by Gasteiger charge is -2.25. The van der Waals surface area contributed by atoms with Crippen LogP contribution in [0.4, 0.5) is 0 Å². The molecule has 0 unspecified atom stereocenters. The van der Waals surface area contributed by atoms with Gasteiger partial charge in [0.2, 0.25) is 5.91 Å². The van der Waals surface area contributed by atoms with Crippen LogP contribution in [-0.4, -0.2) is 46.8 Å². The molecule has 1 N–H and O–H groups in total. The number of aryl methyl sites for hydroxylation is 1. The molecule has 1 aliphatic rings. The molecule has 0 saturated carbocycles. The maximum atomic E-state index is 13.3. The van der Waals surface area contributed by atoms with Crippen LogP contribution in [0.3, 0.4) is 0 Å². The molecule has 2 aromatic heterocycles. The highest BCUT2D eigenvalue weighted by Gasteiger charge is 2.33. The van der Waals surface area contributed by atoms with Crippen molar-refractivity contribution in [3.63, 3.8) is 0 Å². The number of likely N-dealkylation sites (tertiary alicyclic amines) is 1. The second kappa shape index (κ2) is 8.57. The lowest BCUT2D eigenvalue weighted by atomic mass is 9.98. The monoisotopic (exact) mass is 406 g/mol. The Morgan fingerprint density at radius 3 is 2.83 bits per heavy atom. The number of pyridine rings is 1. The second-order valence-electron chi connectivity index (χ2n) is 7.49. The normalized spacial score (nSPS) is 16.0. The average Bonchev–Trinajstić information content (AvgIpc) is 3.43. The van der Waals surface area contributed by atoms with Gasteiger partial charge in [0, 0.05) is 30.1 Å². The molecule has 0 radical (unpaired) electrons. The van der Waals surface area contributed by atoms with Crippen LogP contribution < -0.4 is 9.47 Å². The highest BCUT2D eigenvalue weighted by molar-refractivity contribution is 5.81. The van der Waals surface area contributed by atoms with Crippen molar-refractivity contribution in [2.75, 3.05) is 20.8 Å². The van der Waals surface area contributed by atoms with Crippen molar-refractivity contribution in [3.8, 4) is 22.6 Å². The molecule has 7 heteroatoms. The summed E-state index contributed by atoms with van der Waals surface area (Å²) in [4.78, 5) is 19.4. The van der Waals surface area contributed by atoms with Crippen LogP contribution in [0, 0.1) is 6.92 Å². The summed E-state index contributed by atoms with van der Waals surface area (Å²) < 4.78 is 10.8. The zero-order valence-electron chi connectivity index (χ0n) is 17.5. The number of aromatic nitrogens is 3. The Morgan fingerprint density at radius 1 is 1.20 bits per heavy atom. The first kappa shape index (κ1) is 19.9. The second-order valence-corrected chi connectivity index (χ2v) is 7.49. The number of carbonyl (C=O) groups is 1. The Morgan fingerprint density at radius 2 is 2.07 bits per heavy atom. The molecular weight excluding hydrogens is 380 g/mol. The average molecular weight is 406 g/mol. The van der Waals surface area contributed by atoms with Crippen molar-refractivity contribution < 1.29 is 14.3 Å². The fraction of sp³-hybridized carbons (Fsp3) is 0.348. The Bertz CT molecular complexity index is 1050. The number of nitrogens with one attached hydrogen (secondary N) is 1. The maximum absolute atomic E-state index is 13.3. The van der Waals surface area contributed by atoms with E-state index < -0.39 is 0 Å². The number of aromatic amines is 1. The minimum atomic E-state index is -0.0285. The van der Waals surface area contributed by atoms with Crippen LogP contribution in [-0.2, 0) is 11.2 Å². The molecule has 0 aliphatic carbocycles. The number of hydrogen-bond donors (Lipinski definition) is 1. The van der Waals surface area contributed by atoms with Gasteiger partial charge in [-0.25, -0.2) is 0 Å². The number of carbonyl (C=O) groups excluding carboxylic acids is 1. The van der Waals surface area contributed by atoms with Gasteiger partial charge in [0.05, 0.1) is 38.6 Å². The molecule has 0 bridgehead atoms. The smallest absolute Gasteiger partial charge is 0.227 e. The van der Waals surface area contributed by atoms with E-state index in [2.05, 4.69) is 15.2 Å². The van der Waals surface area contributed by atoms with Crippen molar-refractivity contribution in [2.45, 2.75) is 32.2 Å². The summed E-state index contributed by atoms with van der Waals surface area (Å²) in [5.41, 5.74) is 4.99. The first-order valence-corrected chi connectivity index (χ1v) is 10.1. The van der Waals surface area contributed by atoms with Crippen LogP contribution in [0.2, 0.25) is 0 Å². The summed E-state index contributed by atoms with van der Waals surface area (Å²) in [5.74, 6) is 1.46. The fourth-order valence-electron chi connectivity index (χ4n) is 4.19. The molecule has 3 heterocycles. The van der Waals surface area contributed by atoms with E-state index in [1.807, 2.05) is 48.5 Å². The molecule has 1 aliphatic heterocycles. The SMILES string of the molecule is COc1ccc(OC)c(CC(=O)N2CCC[C@H]2c2[nH]ncc2-c2ccncc2C)c1. The highest BCUT2D eigenvalue weighted by Crippen LogP contribution is 2.38. The maximum Gasteiger partial charge on any atom is 0.227 e. The molecule has 1 aromatic carbocycles. The third-order valence-electron chi connectivity index (χ3n) is 5.71. The third kappa shape index (κ3) is 3.75. The number of rotatable bonds is 6. The minimum Gasteiger partial charge on any atom is -0.497 e. The fourth-order valence-corrected chi connectivity index (χ4v) is 4.19. The van der Waals surface area contributed by atoms with E-state index in [1.165, 1.54) is 0 Å². The van der Waals surface area contributed by atoms with E-state index >= 15 is 0 Å². The quantitative estimate of drug-likeness (QED) is 0.675. The van der Waals surface area contributed by atoms with Gasteiger partial charge >= 0.3 is 0 Å². The molecule has 3 aromatic rings. The van der Waals surface area contributed by atoms with Gasteiger partial charge in [0.15, 0.2) is 0 Å². The van der Waals surface area contributed by atoms with E-state index in [4.69, 9.17) is 9.47 Å². The number of methoxy groups -OCH3 is 2. The van der Waals surface area contributed by atoms with Gasteiger partial charge in [0.25, 0.3) is 0 Å². The van der Waals surface area contributed by atoms with Crippen LogP contribution >= 0.6 is 0 Å². The van der Waals surface area contributed by atoms with Gasteiger partial charge in [-0.1, -0.05) is 0 Å². The Labute approximate surface area is 176 Å². The molecule has 0 spiro atoms. The van der Waals surface area contributed by atoms with Crippen molar-refractivity contribution in [3.05, 3.63) is 59.7 Å². The van der Waals surface area contributed by atoms with Crippen LogP contribution in [0.15, 0.2) is 42.9 Å². The molecule has 30 heavy (non-hydrogen) atoms. The van der Waals surface area contributed by atoms with E-state index in [1.54, 1.807) is 20.4 Å². The summed E-state index contributed by atoms with van der Waals surface area (Å²) in [6, 6.07) is 7.50. The number of amides is 1. The summed E-state index contributed by atoms with van der Waals surface area (Å²) in [6.07, 6.45) is 7.59. The van der Waals surface area contributed by atoms with Crippen molar-refractivity contribution in [1.82, 2.24) is 20.1 Å². The van der Waals surface area contributed by atoms with Crippen LogP contribution in [0.5, 0.6) is 11.5 Å². The molecule has 4 rings (SSSR count). The van der Waals surface area contributed by atoms with Gasteiger partial charge in [0.1, 0.15) is 11.5 Å². The van der Waals surface area contributed by atoms with E-state index in [0.29, 0.717) is 11.5 Å². The predicted octanol–water partition coefficient (Wildman–Crippen LogP) is 3.70. The van der Waals surface area contributed by atoms with Gasteiger partial charge < -0.3 is 14.4 Å². The molecule has 1 amide bonds. The van der Waals surface area contributed by atoms with E-state index in [0.717, 1.165) is 47.3 Å². The summed E-state index contributed by atoms with van der Waals surface area (Å²) in [7, 11) is 3.23. The zero-order chi connectivity index (χ0) is 21.1. The molecular formula is C23H26N4O3.